The molecular weight excluding hydrogens is 523 g/mol. The SMILES string of the molecule is Cc1ccc(COC(C)C(O)N2CCC(N3CC(CC#N)(n4cc(-c5ncnc6[nH]ccc56)cn4)C3)CC2)cc1F. The van der Waals surface area contributed by atoms with E-state index in [0.717, 1.165) is 66.9 Å². The van der Waals surface area contributed by atoms with E-state index >= 15 is 0 Å². The number of piperidine rings is 1. The zero-order valence-electron chi connectivity index (χ0n) is 23.4. The van der Waals surface area contributed by atoms with Crippen molar-refractivity contribution in [2.24, 2.45) is 0 Å². The highest BCUT2D eigenvalue weighted by molar-refractivity contribution is 5.90. The van der Waals surface area contributed by atoms with E-state index in [4.69, 9.17) is 4.74 Å². The number of aromatic amines is 1. The van der Waals surface area contributed by atoms with Crippen molar-refractivity contribution in [2.45, 2.75) is 63.6 Å². The summed E-state index contributed by atoms with van der Waals surface area (Å²) in [6.45, 7) is 6.86. The molecule has 2 aliphatic rings. The van der Waals surface area contributed by atoms with Crippen LogP contribution in [-0.4, -0.2) is 84.2 Å². The van der Waals surface area contributed by atoms with Gasteiger partial charge in [-0.3, -0.25) is 14.5 Å². The van der Waals surface area contributed by atoms with Gasteiger partial charge in [0.05, 0.1) is 37.1 Å². The molecule has 11 heteroatoms. The maximum absolute atomic E-state index is 13.8. The third-order valence-corrected chi connectivity index (χ3v) is 8.66. The summed E-state index contributed by atoms with van der Waals surface area (Å²) in [5.74, 6) is -0.247. The molecule has 4 aromatic rings. The van der Waals surface area contributed by atoms with Crippen molar-refractivity contribution in [3.63, 3.8) is 0 Å². The van der Waals surface area contributed by atoms with Crippen LogP contribution in [0.1, 0.15) is 37.3 Å². The Morgan fingerprint density at radius 2 is 2.05 bits per heavy atom. The smallest absolute Gasteiger partial charge is 0.141 e. The molecule has 2 fully saturated rings. The van der Waals surface area contributed by atoms with Gasteiger partial charge in [0, 0.05) is 55.6 Å². The van der Waals surface area contributed by atoms with Gasteiger partial charge in [-0.05, 0) is 49.9 Å². The molecular formula is C30H35FN8O2. The first kappa shape index (κ1) is 27.5. The van der Waals surface area contributed by atoms with Crippen LogP contribution in [0.2, 0.25) is 0 Å². The van der Waals surface area contributed by atoms with Gasteiger partial charge in [-0.15, -0.1) is 0 Å². The van der Waals surface area contributed by atoms with Crippen molar-refractivity contribution >= 4 is 11.0 Å². The summed E-state index contributed by atoms with van der Waals surface area (Å²) in [4.78, 5) is 16.4. The summed E-state index contributed by atoms with van der Waals surface area (Å²) in [6, 6.07) is 9.80. The molecule has 0 amide bonds. The number of aliphatic hydroxyl groups is 1. The molecule has 3 aromatic heterocycles. The van der Waals surface area contributed by atoms with Crippen molar-refractivity contribution in [3.05, 3.63) is 66.1 Å². The van der Waals surface area contributed by atoms with E-state index in [2.05, 4.69) is 35.9 Å². The molecule has 1 aromatic carbocycles. The Morgan fingerprint density at radius 1 is 1.24 bits per heavy atom. The van der Waals surface area contributed by atoms with Crippen molar-refractivity contribution in [2.75, 3.05) is 26.2 Å². The predicted octanol–water partition coefficient (Wildman–Crippen LogP) is 3.58. The Bertz CT molecular complexity index is 1550. The first-order valence-corrected chi connectivity index (χ1v) is 14.1. The summed E-state index contributed by atoms with van der Waals surface area (Å²) in [7, 11) is 0. The normalized spacial score (nSPS) is 19.6. The highest BCUT2D eigenvalue weighted by Crippen LogP contribution is 2.37. The molecule has 41 heavy (non-hydrogen) atoms. The highest BCUT2D eigenvalue weighted by atomic mass is 19.1. The molecule has 0 bridgehead atoms. The van der Waals surface area contributed by atoms with Crippen LogP contribution < -0.4 is 0 Å². The highest BCUT2D eigenvalue weighted by Gasteiger charge is 2.48. The van der Waals surface area contributed by atoms with Crippen molar-refractivity contribution in [1.29, 1.82) is 5.26 Å². The van der Waals surface area contributed by atoms with E-state index in [1.54, 1.807) is 19.3 Å². The summed E-state index contributed by atoms with van der Waals surface area (Å²) < 4.78 is 21.7. The molecule has 214 valence electrons. The van der Waals surface area contributed by atoms with Crippen LogP contribution in [0.3, 0.4) is 0 Å². The minimum Gasteiger partial charge on any atom is -0.376 e. The van der Waals surface area contributed by atoms with Crippen molar-refractivity contribution in [1.82, 2.24) is 34.5 Å². The third kappa shape index (κ3) is 5.36. The number of aryl methyl sites for hydroxylation is 1. The zero-order chi connectivity index (χ0) is 28.6. The zero-order valence-corrected chi connectivity index (χ0v) is 23.4. The Kier molecular flexibility index (Phi) is 7.57. The molecule has 2 atom stereocenters. The van der Waals surface area contributed by atoms with Crippen LogP contribution in [-0.2, 0) is 16.9 Å². The number of ether oxygens (including phenoxy) is 1. The summed E-state index contributed by atoms with van der Waals surface area (Å²) in [5.41, 5.74) is 3.49. The molecule has 2 N–H and O–H groups in total. The fraction of sp³-hybridized carbons (Fsp3) is 0.467. The molecule has 10 nitrogen and oxygen atoms in total. The number of likely N-dealkylation sites (tertiary alicyclic amines) is 2. The molecule has 0 aliphatic carbocycles. The molecule has 0 radical (unpaired) electrons. The fourth-order valence-corrected chi connectivity index (χ4v) is 6.11. The van der Waals surface area contributed by atoms with E-state index in [9.17, 15) is 14.8 Å². The Morgan fingerprint density at radius 3 is 2.80 bits per heavy atom. The maximum Gasteiger partial charge on any atom is 0.141 e. The van der Waals surface area contributed by atoms with Gasteiger partial charge in [-0.1, -0.05) is 12.1 Å². The first-order valence-electron chi connectivity index (χ1n) is 14.1. The van der Waals surface area contributed by atoms with Crippen molar-refractivity contribution in [3.8, 4) is 17.3 Å². The number of rotatable bonds is 9. The van der Waals surface area contributed by atoms with Gasteiger partial charge in [0.15, 0.2) is 0 Å². The standard InChI is InChI=1S/C30H35FN8O2/c1-20-3-4-22(13-26(20)31)16-41-21(2)29(40)37-11-6-24(7-12-37)38-17-30(18-38,8-9-32)39-15-23(14-36-39)27-25-5-10-33-28(25)35-19-34-27/h3-5,10,13-15,19,21,24,29,40H,6-8,11-12,16-18H2,1-2H3,(H,33,34,35). The maximum atomic E-state index is 13.8. The lowest BCUT2D eigenvalue weighted by atomic mass is 9.83. The summed E-state index contributed by atoms with van der Waals surface area (Å²) in [5, 5.41) is 26.2. The lowest BCUT2D eigenvalue weighted by Crippen LogP contribution is -2.66. The van der Waals surface area contributed by atoms with E-state index in [0.29, 0.717) is 18.0 Å². The average Bonchev–Trinajstić information content (AvgIpc) is 3.65. The number of halogens is 1. The van der Waals surface area contributed by atoms with Gasteiger partial charge >= 0.3 is 0 Å². The first-order chi connectivity index (χ1) is 19.9. The molecule has 0 saturated carbocycles. The van der Waals surface area contributed by atoms with Crippen LogP contribution >= 0.6 is 0 Å². The monoisotopic (exact) mass is 558 g/mol. The molecule has 2 saturated heterocycles. The number of aromatic nitrogens is 5. The number of nitrogens with zero attached hydrogens (tertiary/aromatic N) is 7. The number of fused-ring (bicyclic) bond motifs is 1. The largest absolute Gasteiger partial charge is 0.376 e. The van der Waals surface area contributed by atoms with Crippen LogP contribution in [0.4, 0.5) is 4.39 Å². The third-order valence-electron chi connectivity index (χ3n) is 8.66. The second-order valence-corrected chi connectivity index (χ2v) is 11.4. The second-order valence-electron chi connectivity index (χ2n) is 11.4. The number of benzene rings is 1. The van der Waals surface area contributed by atoms with Gasteiger partial charge in [0.25, 0.3) is 0 Å². The molecule has 0 spiro atoms. The summed E-state index contributed by atoms with van der Waals surface area (Å²) >= 11 is 0. The van der Waals surface area contributed by atoms with E-state index in [1.165, 1.54) is 6.07 Å². The topological polar surface area (TPSA) is 119 Å². The fourth-order valence-electron chi connectivity index (χ4n) is 6.11. The molecule has 2 aliphatic heterocycles. The van der Waals surface area contributed by atoms with Gasteiger partial charge in [0.1, 0.15) is 29.6 Å². The van der Waals surface area contributed by atoms with Crippen molar-refractivity contribution < 1.29 is 14.2 Å². The van der Waals surface area contributed by atoms with E-state index < -0.39 is 12.3 Å². The predicted molar refractivity (Wildman–Crippen MR) is 151 cm³/mol. The number of nitriles is 1. The van der Waals surface area contributed by atoms with Crippen LogP contribution in [0.25, 0.3) is 22.3 Å². The number of aliphatic hydroxyl groups excluding tert-OH is 1. The Balaban J connectivity index is 1.03. The van der Waals surface area contributed by atoms with Gasteiger partial charge in [0.2, 0.25) is 0 Å². The number of hydrogen-bond donors (Lipinski definition) is 2. The van der Waals surface area contributed by atoms with Gasteiger partial charge < -0.3 is 14.8 Å². The second kappa shape index (κ2) is 11.3. The van der Waals surface area contributed by atoms with Crippen LogP contribution in [0, 0.1) is 24.1 Å². The lowest BCUT2D eigenvalue weighted by Gasteiger charge is -2.54. The summed E-state index contributed by atoms with van der Waals surface area (Å²) in [6.07, 6.45) is 8.30. The minimum atomic E-state index is -0.726. The van der Waals surface area contributed by atoms with E-state index in [-0.39, 0.29) is 18.0 Å². The van der Waals surface area contributed by atoms with Gasteiger partial charge in [-0.2, -0.15) is 10.4 Å². The number of hydrogen-bond acceptors (Lipinski definition) is 8. The Hall–Kier alpha value is -3.69. The Labute approximate surface area is 238 Å². The average molecular weight is 559 g/mol. The van der Waals surface area contributed by atoms with Gasteiger partial charge in [-0.25, -0.2) is 14.4 Å². The minimum absolute atomic E-state index is 0.247. The number of H-pyrrole nitrogens is 1. The lowest BCUT2D eigenvalue weighted by molar-refractivity contribution is -0.125. The van der Waals surface area contributed by atoms with E-state index in [1.807, 2.05) is 42.3 Å². The molecule has 2 unspecified atom stereocenters. The molecule has 5 heterocycles. The molecule has 6 rings (SSSR count). The number of nitrogens with one attached hydrogen (secondary N) is 1. The van der Waals surface area contributed by atoms with Crippen LogP contribution in [0.15, 0.2) is 49.2 Å². The van der Waals surface area contributed by atoms with Crippen LogP contribution in [0.5, 0.6) is 0 Å². The quantitative estimate of drug-likeness (QED) is 0.320.